The molecule has 1 N–H and O–H groups in total. The Hall–Kier alpha value is -0.510. The van der Waals surface area contributed by atoms with E-state index in [1.165, 1.54) is 10.5 Å². The Morgan fingerprint density at radius 3 is 2.62 bits per heavy atom. The van der Waals surface area contributed by atoms with E-state index in [4.69, 9.17) is 4.74 Å². The zero-order chi connectivity index (χ0) is 11.6. The molecule has 1 aromatic rings. The van der Waals surface area contributed by atoms with Gasteiger partial charge in [0.05, 0.1) is 0 Å². The predicted molar refractivity (Wildman–Crippen MR) is 71.3 cm³/mol. The normalized spacial score (nSPS) is 10.6. The van der Waals surface area contributed by atoms with E-state index in [9.17, 15) is 0 Å². The molecule has 0 aliphatic rings. The first-order valence-corrected chi connectivity index (χ1v) is 6.70. The van der Waals surface area contributed by atoms with Gasteiger partial charge in [-0.2, -0.15) is 0 Å². The van der Waals surface area contributed by atoms with Gasteiger partial charge in [0.25, 0.3) is 0 Å². The number of hydrogen-bond donors (Lipinski definition) is 1. The first-order valence-electron chi connectivity index (χ1n) is 5.72. The molecule has 0 saturated carbocycles. The Bertz CT molecular complexity index is 274. The topological polar surface area (TPSA) is 21.3 Å². The lowest BCUT2D eigenvalue weighted by molar-refractivity contribution is 0.194. The second kappa shape index (κ2) is 8.62. The van der Waals surface area contributed by atoms with Gasteiger partial charge in [0.1, 0.15) is 0 Å². The van der Waals surface area contributed by atoms with Gasteiger partial charge < -0.3 is 10.1 Å². The maximum absolute atomic E-state index is 4.98. The van der Waals surface area contributed by atoms with Gasteiger partial charge in [-0.05, 0) is 32.0 Å². The molecule has 2 nitrogen and oxygen atoms in total. The molecule has 3 heteroatoms. The summed E-state index contributed by atoms with van der Waals surface area (Å²) in [5, 5.41) is 3.40. The number of rotatable bonds is 8. The molecule has 0 atom stereocenters. The molecule has 0 bridgehead atoms. The SMILES string of the molecule is COCCCNCCSc1ccc(C)cc1. The van der Waals surface area contributed by atoms with Gasteiger partial charge in [-0.15, -0.1) is 11.8 Å². The van der Waals surface area contributed by atoms with Crippen molar-refractivity contribution < 1.29 is 4.74 Å². The summed E-state index contributed by atoms with van der Waals surface area (Å²) in [4.78, 5) is 1.35. The van der Waals surface area contributed by atoms with Crippen molar-refractivity contribution >= 4 is 11.8 Å². The summed E-state index contributed by atoms with van der Waals surface area (Å²) in [6.07, 6.45) is 1.09. The van der Waals surface area contributed by atoms with Crippen LogP contribution in [0.3, 0.4) is 0 Å². The Balaban J connectivity index is 2.01. The number of nitrogens with one attached hydrogen (secondary N) is 1. The molecule has 0 unspecified atom stereocenters. The third-order valence-electron chi connectivity index (χ3n) is 2.27. The van der Waals surface area contributed by atoms with E-state index >= 15 is 0 Å². The molecule has 0 aliphatic carbocycles. The Kier molecular flexibility index (Phi) is 7.30. The first kappa shape index (κ1) is 13.6. The fourth-order valence-electron chi connectivity index (χ4n) is 1.34. The number of aryl methyl sites for hydroxylation is 1. The van der Waals surface area contributed by atoms with Crippen molar-refractivity contribution in [3.63, 3.8) is 0 Å². The first-order chi connectivity index (χ1) is 7.83. The molecule has 90 valence electrons. The van der Waals surface area contributed by atoms with Crippen LogP contribution < -0.4 is 5.32 Å². The average Bonchev–Trinajstić information content (AvgIpc) is 2.30. The second-order valence-electron chi connectivity index (χ2n) is 3.76. The number of hydrogen-bond acceptors (Lipinski definition) is 3. The number of benzene rings is 1. The van der Waals surface area contributed by atoms with Crippen LogP contribution >= 0.6 is 11.8 Å². The maximum atomic E-state index is 4.98. The number of ether oxygens (including phenoxy) is 1. The van der Waals surface area contributed by atoms with Crippen LogP contribution in [0.5, 0.6) is 0 Å². The van der Waals surface area contributed by atoms with E-state index in [1.54, 1.807) is 7.11 Å². The van der Waals surface area contributed by atoms with Crippen molar-refractivity contribution in [3.8, 4) is 0 Å². The smallest absolute Gasteiger partial charge is 0.0474 e. The summed E-state index contributed by atoms with van der Waals surface area (Å²) >= 11 is 1.90. The molecule has 0 spiro atoms. The van der Waals surface area contributed by atoms with E-state index in [1.807, 2.05) is 11.8 Å². The lowest BCUT2D eigenvalue weighted by Crippen LogP contribution is -2.19. The molecule has 0 saturated heterocycles. The summed E-state index contributed by atoms with van der Waals surface area (Å²) in [5.41, 5.74) is 1.32. The molecule has 0 amide bonds. The van der Waals surface area contributed by atoms with E-state index in [-0.39, 0.29) is 0 Å². The standard InChI is InChI=1S/C13H21NOS/c1-12-4-6-13(7-5-12)16-11-9-14-8-3-10-15-2/h4-7,14H,3,8-11H2,1-2H3. The monoisotopic (exact) mass is 239 g/mol. The van der Waals surface area contributed by atoms with Crippen molar-refractivity contribution in [3.05, 3.63) is 29.8 Å². The molecule has 0 fully saturated rings. The minimum Gasteiger partial charge on any atom is -0.385 e. The lowest BCUT2D eigenvalue weighted by Gasteiger charge is -2.04. The Morgan fingerprint density at radius 2 is 1.94 bits per heavy atom. The van der Waals surface area contributed by atoms with E-state index in [2.05, 4.69) is 36.5 Å². The van der Waals surface area contributed by atoms with Crippen LogP contribution in [-0.2, 0) is 4.74 Å². The molecule has 0 heterocycles. The molecule has 16 heavy (non-hydrogen) atoms. The van der Waals surface area contributed by atoms with Gasteiger partial charge in [-0.1, -0.05) is 17.7 Å². The van der Waals surface area contributed by atoms with Crippen molar-refractivity contribution in [1.82, 2.24) is 5.32 Å². The highest BCUT2D eigenvalue weighted by atomic mass is 32.2. The number of methoxy groups -OCH3 is 1. The van der Waals surface area contributed by atoms with Crippen LogP contribution in [0.2, 0.25) is 0 Å². The van der Waals surface area contributed by atoms with E-state index in [0.717, 1.165) is 31.9 Å². The highest BCUT2D eigenvalue weighted by Gasteiger charge is 1.93. The van der Waals surface area contributed by atoms with Crippen LogP contribution in [0, 0.1) is 6.92 Å². The molecule has 0 radical (unpaired) electrons. The minimum atomic E-state index is 0.845. The molecule has 0 aliphatic heterocycles. The predicted octanol–water partition coefficient (Wildman–Crippen LogP) is 2.71. The van der Waals surface area contributed by atoms with Crippen LogP contribution in [0.25, 0.3) is 0 Å². The maximum Gasteiger partial charge on any atom is 0.0474 e. The van der Waals surface area contributed by atoms with Crippen LogP contribution in [-0.4, -0.2) is 32.6 Å². The van der Waals surface area contributed by atoms with Gasteiger partial charge >= 0.3 is 0 Å². The van der Waals surface area contributed by atoms with Crippen molar-refractivity contribution in [2.75, 3.05) is 32.6 Å². The zero-order valence-corrected chi connectivity index (χ0v) is 11.0. The molecule has 1 rings (SSSR count). The molecular formula is C13H21NOS. The lowest BCUT2D eigenvalue weighted by atomic mass is 10.2. The summed E-state index contributed by atoms with van der Waals surface area (Å²) < 4.78 is 4.98. The van der Waals surface area contributed by atoms with Crippen molar-refractivity contribution in [1.29, 1.82) is 0 Å². The van der Waals surface area contributed by atoms with Crippen LogP contribution in [0.4, 0.5) is 0 Å². The van der Waals surface area contributed by atoms with Gasteiger partial charge in [0, 0.05) is 30.9 Å². The number of thioether (sulfide) groups is 1. The third kappa shape index (κ3) is 6.16. The summed E-state index contributed by atoms with van der Waals surface area (Å²) in [6.45, 7) is 5.06. The minimum absolute atomic E-state index is 0.845. The van der Waals surface area contributed by atoms with Crippen molar-refractivity contribution in [2.24, 2.45) is 0 Å². The van der Waals surface area contributed by atoms with Crippen LogP contribution in [0.15, 0.2) is 29.2 Å². The highest BCUT2D eigenvalue weighted by Crippen LogP contribution is 2.17. The Labute approximate surface area is 103 Å². The Morgan fingerprint density at radius 1 is 1.19 bits per heavy atom. The zero-order valence-electron chi connectivity index (χ0n) is 10.2. The van der Waals surface area contributed by atoms with Gasteiger partial charge in [-0.25, -0.2) is 0 Å². The quantitative estimate of drug-likeness (QED) is 0.557. The summed E-state index contributed by atoms with van der Waals surface area (Å²) in [6, 6.07) is 8.69. The fraction of sp³-hybridized carbons (Fsp3) is 0.538. The van der Waals surface area contributed by atoms with Crippen molar-refractivity contribution in [2.45, 2.75) is 18.2 Å². The van der Waals surface area contributed by atoms with Crippen LogP contribution in [0.1, 0.15) is 12.0 Å². The second-order valence-corrected chi connectivity index (χ2v) is 4.93. The van der Waals surface area contributed by atoms with Gasteiger partial charge in [0.2, 0.25) is 0 Å². The van der Waals surface area contributed by atoms with Gasteiger partial charge in [-0.3, -0.25) is 0 Å². The summed E-state index contributed by atoms with van der Waals surface area (Å²) in [7, 11) is 1.74. The van der Waals surface area contributed by atoms with Gasteiger partial charge in [0.15, 0.2) is 0 Å². The molecular weight excluding hydrogens is 218 g/mol. The molecule has 1 aromatic carbocycles. The highest BCUT2D eigenvalue weighted by molar-refractivity contribution is 7.99. The summed E-state index contributed by atoms with van der Waals surface area (Å²) in [5.74, 6) is 1.12. The third-order valence-corrected chi connectivity index (χ3v) is 3.28. The fourth-order valence-corrected chi connectivity index (χ4v) is 2.15. The average molecular weight is 239 g/mol. The molecule has 0 aromatic heterocycles. The largest absolute Gasteiger partial charge is 0.385 e. The van der Waals surface area contributed by atoms with E-state index in [0.29, 0.717) is 0 Å². The van der Waals surface area contributed by atoms with E-state index < -0.39 is 0 Å².